The van der Waals surface area contributed by atoms with Crippen LogP contribution in [-0.4, -0.2) is 25.0 Å². The Bertz CT molecular complexity index is 561. The first-order chi connectivity index (χ1) is 10.3. The number of nitrogens with one attached hydrogen (secondary N) is 1. The number of allylic oxidation sites excluding steroid dienone is 1. The van der Waals surface area contributed by atoms with E-state index in [0.717, 1.165) is 17.7 Å². The third-order valence-corrected chi connectivity index (χ3v) is 2.98. The van der Waals surface area contributed by atoms with Gasteiger partial charge in [0.05, 0.1) is 13.5 Å². The molecule has 0 spiro atoms. The molecule has 0 saturated carbocycles. The second-order valence-electron chi connectivity index (χ2n) is 5.04. The lowest BCUT2D eigenvalue weighted by molar-refractivity contribution is -0.144. The molecule has 0 aliphatic rings. The molecule has 0 bridgehead atoms. The molecular formula is C16H19F2NO3. The van der Waals surface area contributed by atoms with Crippen LogP contribution in [0.15, 0.2) is 29.8 Å². The van der Waals surface area contributed by atoms with Gasteiger partial charge in [0.2, 0.25) is 5.91 Å². The molecule has 0 aliphatic carbocycles. The molecule has 22 heavy (non-hydrogen) atoms. The van der Waals surface area contributed by atoms with Gasteiger partial charge in [-0.3, -0.25) is 4.79 Å². The first kappa shape index (κ1) is 17.8. The minimum Gasteiger partial charge on any atom is -0.467 e. The summed E-state index contributed by atoms with van der Waals surface area (Å²) in [6, 6.07) is 2.49. The fourth-order valence-electron chi connectivity index (χ4n) is 1.82. The molecule has 0 saturated heterocycles. The maximum absolute atomic E-state index is 13.5. The molecule has 0 aliphatic heterocycles. The van der Waals surface area contributed by atoms with Crippen molar-refractivity contribution < 1.29 is 23.1 Å². The molecule has 0 fully saturated rings. The Morgan fingerprint density at radius 1 is 1.27 bits per heavy atom. The van der Waals surface area contributed by atoms with Crippen molar-refractivity contribution in [2.24, 2.45) is 0 Å². The van der Waals surface area contributed by atoms with Gasteiger partial charge in [0.1, 0.15) is 17.7 Å². The van der Waals surface area contributed by atoms with E-state index in [4.69, 9.17) is 0 Å². The van der Waals surface area contributed by atoms with Crippen LogP contribution >= 0.6 is 0 Å². The molecule has 1 N–H and O–H groups in total. The summed E-state index contributed by atoms with van der Waals surface area (Å²) < 4.78 is 31.6. The maximum atomic E-state index is 13.5. The van der Waals surface area contributed by atoms with Crippen LogP contribution in [-0.2, 0) is 20.7 Å². The number of amides is 1. The molecular weight excluding hydrogens is 292 g/mol. The molecule has 1 atom stereocenters. The zero-order chi connectivity index (χ0) is 16.7. The summed E-state index contributed by atoms with van der Waals surface area (Å²) in [6.07, 6.45) is 1.53. The van der Waals surface area contributed by atoms with Gasteiger partial charge in [-0.25, -0.2) is 13.6 Å². The van der Waals surface area contributed by atoms with Crippen molar-refractivity contribution in [3.05, 3.63) is 47.0 Å². The Hall–Kier alpha value is -2.24. The van der Waals surface area contributed by atoms with E-state index in [1.807, 2.05) is 13.8 Å². The SMILES string of the molecule is COC(=O)[C@H](CC=C(C)C)NC(=O)Cc1c(F)cccc1F. The van der Waals surface area contributed by atoms with E-state index in [0.29, 0.717) is 0 Å². The third kappa shape index (κ3) is 5.27. The number of ether oxygens (including phenoxy) is 1. The number of benzene rings is 1. The van der Waals surface area contributed by atoms with E-state index in [-0.39, 0.29) is 12.0 Å². The number of carbonyl (C=O) groups excluding carboxylic acids is 2. The van der Waals surface area contributed by atoms with Crippen molar-refractivity contribution in [1.82, 2.24) is 5.32 Å². The standard InChI is InChI=1S/C16H19F2NO3/c1-10(2)7-8-14(16(21)22-3)19-15(20)9-11-12(17)5-4-6-13(11)18/h4-7,14H,8-9H2,1-3H3,(H,19,20)/t14-/m0/s1. The summed E-state index contributed by atoms with van der Waals surface area (Å²) in [5.74, 6) is -2.86. The number of halogens is 2. The molecule has 4 nitrogen and oxygen atoms in total. The Kier molecular flexibility index (Phi) is 6.69. The van der Waals surface area contributed by atoms with Gasteiger partial charge in [-0.05, 0) is 32.4 Å². The number of esters is 1. The van der Waals surface area contributed by atoms with Crippen molar-refractivity contribution >= 4 is 11.9 Å². The lowest BCUT2D eigenvalue weighted by Crippen LogP contribution is -2.42. The van der Waals surface area contributed by atoms with Gasteiger partial charge in [-0.2, -0.15) is 0 Å². The van der Waals surface area contributed by atoms with E-state index in [2.05, 4.69) is 10.1 Å². The summed E-state index contributed by atoms with van der Waals surface area (Å²) in [7, 11) is 1.21. The van der Waals surface area contributed by atoms with Gasteiger partial charge >= 0.3 is 5.97 Å². The minimum atomic E-state index is -0.887. The van der Waals surface area contributed by atoms with Crippen molar-refractivity contribution in [1.29, 1.82) is 0 Å². The number of rotatable bonds is 6. The molecule has 1 aromatic carbocycles. The Balaban J connectivity index is 2.79. The van der Waals surface area contributed by atoms with Gasteiger partial charge in [0.15, 0.2) is 0 Å². The highest BCUT2D eigenvalue weighted by Gasteiger charge is 2.21. The topological polar surface area (TPSA) is 55.4 Å². The molecule has 0 aromatic heterocycles. The molecule has 0 radical (unpaired) electrons. The summed E-state index contributed by atoms with van der Waals surface area (Å²) in [4.78, 5) is 23.6. The average Bonchev–Trinajstić information content (AvgIpc) is 2.46. The Morgan fingerprint density at radius 3 is 2.36 bits per heavy atom. The number of carbonyl (C=O) groups is 2. The third-order valence-electron chi connectivity index (χ3n) is 2.98. The van der Waals surface area contributed by atoms with Crippen LogP contribution in [0.25, 0.3) is 0 Å². The predicted molar refractivity (Wildman–Crippen MR) is 78.1 cm³/mol. The zero-order valence-corrected chi connectivity index (χ0v) is 12.8. The van der Waals surface area contributed by atoms with Crippen LogP contribution in [0.2, 0.25) is 0 Å². The van der Waals surface area contributed by atoms with E-state index < -0.39 is 36.0 Å². The minimum absolute atomic E-state index is 0.250. The van der Waals surface area contributed by atoms with E-state index in [9.17, 15) is 18.4 Å². The molecule has 0 heterocycles. The van der Waals surface area contributed by atoms with E-state index >= 15 is 0 Å². The van der Waals surface area contributed by atoms with Gasteiger partial charge in [-0.1, -0.05) is 17.7 Å². The number of hydrogen-bond acceptors (Lipinski definition) is 3. The summed E-state index contributed by atoms with van der Waals surface area (Å²) in [5.41, 5.74) is 0.647. The number of hydrogen-bond donors (Lipinski definition) is 1. The van der Waals surface area contributed by atoms with Crippen LogP contribution in [0.3, 0.4) is 0 Å². The van der Waals surface area contributed by atoms with Crippen molar-refractivity contribution in [2.45, 2.75) is 32.7 Å². The molecule has 6 heteroatoms. The summed E-state index contributed by atoms with van der Waals surface area (Å²) in [5, 5.41) is 2.43. The molecule has 120 valence electrons. The highest BCUT2D eigenvalue weighted by Crippen LogP contribution is 2.13. The van der Waals surface area contributed by atoms with E-state index in [1.54, 1.807) is 6.08 Å². The van der Waals surface area contributed by atoms with Crippen molar-refractivity contribution in [3.63, 3.8) is 0 Å². The molecule has 1 amide bonds. The largest absolute Gasteiger partial charge is 0.467 e. The zero-order valence-electron chi connectivity index (χ0n) is 12.8. The quantitative estimate of drug-likeness (QED) is 0.649. The molecule has 0 unspecified atom stereocenters. The average molecular weight is 311 g/mol. The van der Waals surface area contributed by atoms with Gasteiger partial charge in [-0.15, -0.1) is 0 Å². The monoisotopic (exact) mass is 311 g/mol. The predicted octanol–water partition coefficient (Wildman–Crippen LogP) is 2.52. The number of methoxy groups -OCH3 is 1. The fraction of sp³-hybridized carbons (Fsp3) is 0.375. The fourth-order valence-corrected chi connectivity index (χ4v) is 1.82. The van der Waals surface area contributed by atoms with Crippen LogP contribution < -0.4 is 5.32 Å². The maximum Gasteiger partial charge on any atom is 0.328 e. The molecule has 1 aromatic rings. The van der Waals surface area contributed by atoms with Gasteiger partial charge in [0, 0.05) is 5.56 Å². The Labute approximate surface area is 128 Å². The second kappa shape index (κ2) is 8.26. The molecule has 1 rings (SSSR count). The second-order valence-corrected chi connectivity index (χ2v) is 5.04. The van der Waals surface area contributed by atoms with Crippen molar-refractivity contribution in [3.8, 4) is 0 Å². The highest BCUT2D eigenvalue weighted by molar-refractivity contribution is 5.85. The summed E-state index contributed by atoms with van der Waals surface area (Å²) >= 11 is 0. The lowest BCUT2D eigenvalue weighted by atomic mass is 10.1. The van der Waals surface area contributed by atoms with Crippen LogP contribution in [0.5, 0.6) is 0 Å². The first-order valence-electron chi connectivity index (χ1n) is 6.78. The normalized spacial score (nSPS) is 11.5. The van der Waals surface area contributed by atoms with Gasteiger partial charge in [0.25, 0.3) is 0 Å². The highest BCUT2D eigenvalue weighted by atomic mass is 19.1. The van der Waals surface area contributed by atoms with Gasteiger partial charge < -0.3 is 10.1 Å². The lowest BCUT2D eigenvalue weighted by Gasteiger charge is -2.15. The smallest absolute Gasteiger partial charge is 0.328 e. The van der Waals surface area contributed by atoms with Crippen LogP contribution in [0, 0.1) is 11.6 Å². The Morgan fingerprint density at radius 2 is 1.86 bits per heavy atom. The van der Waals surface area contributed by atoms with Crippen LogP contribution in [0.1, 0.15) is 25.8 Å². The first-order valence-corrected chi connectivity index (χ1v) is 6.78. The van der Waals surface area contributed by atoms with E-state index in [1.165, 1.54) is 13.2 Å². The van der Waals surface area contributed by atoms with Crippen LogP contribution in [0.4, 0.5) is 8.78 Å². The summed E-state index contributed by atoms with van der Waals surface area (Å²) in [6.45, 7) is 3.70. The van der Waals surface area contributed by atoms with Crippen molar-refractivity contribution in [2.75, 3.05) is 7.11 Å².